The van der Waals surface area contributed by atoms with E-state index in [1.807, 2.05) is 0 Å². The minimum absolute atomic E-state index is 0. The highest BCUT2D eigenvalue weighted by molar-refractivity contribution is 5.92. The van der Waals surface area contributed by atoms with Crippen molar-refractivity contribution in [1.29, 1.82) is 0 Å². The maximum Gasteiger partial charge on any atom is 0.305 e. The molecule has 0 aromatic heterocycles. The van der Waals surface area contributed by atoms with E-state index >= 15 is 0 Å². The van der Waals surface area contributed by atoms with Crippen molar-refractivity contribution in [3.63, 3.8) is 0 Å². The summed E-state index contributed by atoms with van der Waals surface area (Å²) in [5, 5.41) is 5.51. The van der Waals surface area contributed by atoms with Crippen molar-refractivity contribution in [1.82, 2.24) is 5.32 Å². The van der Waals surface area contributed by atoms with E-state index in [2.05, 4.69) is 15.4 Å². The number of hydrogen-bond donors (Lipinski definition) is 2. The first-order chi connectivity index (χ1) is 9.65. The Hall–Kier alpha value is -1.79. The SMILES string of the molecule is CNCC(=O)Nc1ccc(OCCCC(=O)OC)cc1.Cl. The molecule has 1 rings (SSSR count). The lowest BCUT2D eigenvalue weighted by Crippen LogP contribution is -2.24. The van der Waals surface area contributed by atoms with Gasteiger partial charge in [0.15, 0.2) is 0 Å². The van der Waals surface area contributed by atoms with Gasteiger partial charge in [-0.2, -0.15) is 0 Å². The number of rotatable bonds is 8. The van der Waals surface area contributed by atoms with Crippen molar-refractivity contribution in [3.8, 4) is 5.75 Å². The van der Waals surface area contributed by atoms with Gasteiger partial charge in [0.2, 0.25) is 5.91 Å². The van der Waals surface area contributed by atoms with Crippen LogP contribution in [0.2, 0.25) is 0 Å². The highest BCUT2D eigenvalue weighted by Crippen LogP contribution is 2.15. The molecule has 0 saturated carbocycles. The smallest absolute Gasteiger partial charge is 0.305 e. The molecule has 6 nitrogen and oxygen atoms in total. The number of ether oxygens (including phenoxy) is 2. The largest absolute Gasteiger partial charge is 0.494 e. The average Bonchev–Trinajstić information content (AvgIpc) is 2.45. The number of nitrogens with one attached hydrogen (secondary N) is 2. The quantitative estimate of drug-likeness (QED) is 0.563. The van der Waals surface area contributed by atoms with Gasteiger partial charge in [0, 0.05) is 12.1 Å². The summed E-state index contributed by atoms with van der Waals surface area (Å²) < 4.78 is 10.0. The van der Waals surface area contributed by atoms with Gasteiger partial charge in [-0.3, -0.25) is 9.59 Å². The molecule has 0 atom stereocenters. The third-order valence-electron chi connectivity index (χ3n) is 2.50. The molecule has 0 saturated heterocycles. The van der Waals surface area contributed by atoms with E-state index in [-0.39, 0.29) is 30.8 Å². The highest BCUT2D eigenvalue weighted by Gasteiger charge is 2.02. The zero-order chi connectivity index (χ0) is 14.8. The molecule has 1 amide bonds. The third kappa shape index (κ3) is 8.16. The van der Waals surface area contributed by atoms with Crippen LogP contribution >= 0.6 is 12.4 Å². The maximum absolute atomic E-state index is 11.4. The van der Waals surface area contributed by atoms with Crippen molar-refractivity contribution in [2.24, 2.45) is 0 Å². The molecule has 0 bridgehead atoms. The van der Waals surface area contributed by atoms with Gasteiger partial charge in [-0.15, -0.1) is 12.4 Å². The second-order valence-corrected chi connectivity index (χ2v) is 4.13. The monoisotopic (exact) mass is 316 g/mol. The van der Waals surface area contributed by atoms with E-state index in [0.717, 1.165) is 0 Å². The molecule has 1 aromatic carbocycles. The van der Waals surface area contributed by atoms with Crippen molar-refractivity contribution in [2.45, 2.75) is 12.8 Å². The summed E-state index contributed by atoms with van der Waals surface area (Å²) in [4.78, 5) is 22.3. The Bertz CT molecular complexity index is 437. The molecule has 2 N–H and O–H groups in total. The molecule has 0 aliphatic rings. The van der Waals surface area contributed by atoms with Crippen LogP contribution in [0, 0.1) is 0 Å². The zero-order valence-electron chi connectivity index (χ0n) is 12.2. The Morgan fingerprint density at radius 2 is 1.86 bits per heavy atom. The molecule has 0 fully saturated rings. The average molecular weight is 317 g/mol. The van der Waals surface area contributed by atoms with Crippen LogP contribution in [0.4, 0.5) is 5.69 Å². The predicted octanol–water partition coefficient (Wildman–Crippen LogP) is 1.60. The predicted molar refractivity (Wildman–Crippen MR) is 83.0 cm³/mol. The molecule has 0 unspecified atom stereocenters. The first-order valence-corrected chi connectivity index (χ1v) is 6.40. The van der Waals surface area contributed by atoms with Crippen LogP contribution in [0.1, 0.15) is 12.8 Å². The number of amides is 1. The minimum Gasteiger partial charge on any atom is -0.494 e. The van der Waals surface area contributed by atoms with Gasteiger partial charge in [-0.05, 0) is 37.7 Å². The van der Waals surface area contributed by atoms with Crippen LogP contribution in [-0.4, -0.2) is 39.2 Å². The van der Waals surface area contributed by atoms with Crippen LogP contribution in [-0.2, 0) is 14.3 Å². The Morgan fingerprint density at radius 3 is 2.43 bits per heavy atom. The van der Waals surface area contributed by atoms with Crippen molar-refractivity contribution in [3.05, 3.63) is 24.3 Å². The number of carbonyl (C=O) groups excluding carboxylic acids is 2. The minimum atomic E-state index is -0.240. The number of methoxy groups -OCH3 is 1. The van der Waals surface area contributed by atoms with Gasteiger partial charge >= 0.3 is 5.97 Å². The molecular weight excluding hydrogens is 296 g/mol. The standard InChI is InChI=1S/C14H20N2O4.ClH/c1-15-10-13(17)16-11-5-7-12(8-6-11)20-9-3-4-14(18)19-2;/h5-8,15H,3-4,9-10H2,1-2H3,(H,16,17);1H. The van der Waals surface area contributed by atoms with Crippen LogP contribution in [0.5, 0.6) is 5.75 Å². The second kappa shape index (κ2) is 10.9. The van der Waals surface area contributed by atoms with Crippen LogP contribution < -0.4 is 15.4 Å². The number of halogens is 1. The Morgan fingerprint density at radius 1 is 1.19 bits per heavy atom. The van der Waals surface area contributed by atoms with E-state index in [1.54, 1.807) is 31.3 Å². The summed E-state index contributed by atoms with van der Waals surface area (Å²) in [5.74, 6) is 0.358. The summed E-state index contributed by atoms with van der Waals surface area (Å²) in [7, 11) is 3.08. The van der Waals surface area contributed by atoms with E-state index in [0.29, 0.717) is 30.9 Å². The fourth-order valence-corrected chi connectivity index (χ4v) is 1.51. The first kappa shape index (κ1) is 19.2. The van der Waals surface area contributed by atoms with Crippen LogP contribution in [0.25, 0.3) is 0 Å². The molecule has 21 heavy (non-hydrogen) atoms. The first-order valence-electron chi connectivity index (χ1n) is 6.40. The lowest BCUT2D eigenvalue weighted by molar-refractivity contribution is -0.140. The molecular formula is C14H21ClN2O4. The fourth-order valence-electron chi connectivity index (χ4n) is 1.51. The van der Waals surface area contributed by atoms with E-state index in [4.69, 9.17) is 4.74 Å². The van der Waals surface area contributed by atoms with Crippen molar-refractivity contribution >= 4 is 30.0 Å². The van der Waals surface area contributed by atoms with E-state index < -0.39 is 0 Å². The molecule has 0 heterocycles. The number of likely N-dealkylation sites (N-methyl/N-ethyl adjacent to an activating group) is 1. The maximum atomic E-state index is 11.4. The topological polar surface area (TPSA) is 76.7 Å². The molecule has 0 spiro atoms. The molecule has 7 heteroatoms. The summed E-state index contributed by atoms with van der Waals surface area (Å²) >= 11 is 0. The summed E-state index contributed by atoms with van der Waals surface area (Å²) in [5.41, 5.74) is 0.715. The number of benzene rings is 1. The normalized spacial score (nSPS) is 9.43. The zero-order valence-corrected chi connectivity index (χ0v) is 13.0. The lowest BCUT2D eigenvalue weighted by atomic mass is 10.3. The number of carbonyl (C=O) groups is 2. The number of hydrogen-bond acceptors (Lipinski definition) is 5. The highest BCUT2D eigenvalue weighted by atomic mass is 35.5. The molecule has 1 aromatic rings. The second-order valence-electron chi connectivity index (χ2n) is 4.13. The van der Waals surface area contributed by atoms with Gasteiger partial charge in [0.1, 0.15) is 5.75 Å². The third-order valence-corrected chi connectivity index (χ3v) is 2.50. The van der Waals surface area contributed by atoms with Gasteiger partial charge < -0.3 is 20.1 Å². The summed E-state index contributed by atoms with van der Waals surface area (Å²) in [6.07, 6.45) is 0.946. The van der Waals surface area contributed by atoms with E-state index in [1.165, 1.54) is 7.11 Å². The van der Waals surface area contributed by atoms with Gasteiger partial charge in [0.25, 0.3) is 0 Å². The Labute approximate surface area is 130 Å². The van der Waals surface area contributed by atoms with Gasteiger partial charge in [-0.1, -0.05) is 0 Å². The fraction of sp³-hybridized carbons (Fsp3) is 0.429. The number of anilines is 1. The lowest BCUT2D eigenvalue weighted by Gasteiger charge is -2.08. The Balaban J connectivity index is 0.00000400. The molecule has 0 aliphatic heterocycles. The van der Waals surface area contributed by atoms with Crippen molar-refractivity contribution in [2.75, 3.05) is 32.6 Å². The van der Waals surface area contributed by atoms with Crippen LogP contribution in [0.15, 0.2) is 24.3 Å². The summed E-state index contributed by atoms with van der Waals surface area (Å²) in [6.45, 7) is 0.715. The molecule has 0 radical (unpaired) electrons. The number of esters is 1. The van der Waals surface area contributed by atoms with E-state index in [9.17, 15) is 9.59 Å². The molecule has 0 aliphatic carbocycles. The summed E-state index contributed by atoms with van der Waals surface area (Å²) in [6, 6.07) is 7.08. The molecule has 118 valence electrons. The van der Waals surface area contributed by atoms with Gasteiger partial charge in [-0.25, -0.2) is 0 Å². The van der Waals surface area contributed by atoms with Crippen molar-refractivity contribution < 1.29 is 19.1 Å². The Kier molecular flexibility index (Phi) is 10.0. The van der Waals surface area contributed by atoms with Gasteiger partial charge in [0.05, 0.1) is 20.3 Å². The van der Waals surface area contributed by atoms with Crippen LogP contribution in [0.3, 0.4) is 0 Å².